The fourth-order valence-electron chi connectivity index (χ4n) is 2.73. The average Bonchev–Trinajstić information content (AvgIpc) is 2.56. The van der Waals surface area contributed by atoms with Gasteiger partial charge in [-0.15, -0.1) is 0 Å². The van der Waals surface area contributed by atoms with Crippen LogP contribution in [0.5, 0.6) is 0 Å². The number of hydrogen-bond donors (Lipinski definition) is 1. The number of benzene rings is 2. The fraction of sp³-hybridized carbons (Fsp3) is 0.294. The molecular weight excluding hydrogens is 267 g/mol. The molecule has 3 rings (SSSR count). The summed E-state index contributed by atoms with van der Waals surface area (Å²) in [5.41, 5.74) is 2.76. The van der Waals surface area contributed by atoms with Gasteiger partial charge in [0.05, 0.1) is 12.3 Å². The molecule has 4 heteroatoms. The zero-order valence-corrected chi connectivity index (χ0v) is 11.9. The number of aliphatic hydroxyl groups excluding tert-OH is 1. The minimum Gasteiger partial charge on any atom is -0.392 e. The van der Waals surface area contributed by atoms with Crippen LogP contribution in [0.4, 0.5) is 15.8 Å². The van der Waals surface area contributed by atoms with Gasteiger partial charge in [-0.2, -0.15) is 0 Å². The number of para-hydroxylation sites is 1. The molecule has 1 aliphatic heterocycles. The molecule has 1 N–H and O–H groups in total. The monoisotopic (exact) mass is 286 g/mol. The molecule has 1 fully saturated rings. The van der Waals surface area contributed by atoms with E-state index in [1.807, 2.05) is 36.4 Å². The van der Waals surface area contributed by atoms with Crippen molar-refractivity contribution in [3.63, 3.8) is 0 Å². The number of aliphatic hydroxyl groups is 1. The van der Waals surface area contributed by atoms with Gasteiger partial charge < -0.3 is 14.9 Å². The predicted molar refractivity (Wildman–Crippen MR) is 83.2 cm³/mol. The van der Waals surface area contributed by atoms with Crippen LogP contribution in [0.25, 0.3) is 0 Å². The van der Waals surface area contributed by atoms with Gasteiger partial charge in [0.15, 0.2) is 0 Å². The van der Waals surface area contributed by atoms with Crippen molar-refractivity contribution in [1.82, 2.24) is 0 Å². The van der Waals surface area contributed by atoms with E-state index in [1.165, 1.54) is 6.07 Å². The maximum atomic E-state index is 13.8. The van der Waals surface area contributed by atoms with Crippen LogP contribution < -0.4 is 9.80 Å². The van der Waals surface area contributed by atoms with Gasteiger partial charge in [0, 0.05) is 31.9 Å². The second-order valence-electron chi connectivity index (χ2n) is 5.25. The molecule has 0 radical (unpaired) electrons. The van der Waals surface area contributed by atoms with Crippen LogP contribution in [0.3, 0.4) is 0 Å². The van der Waals surface area contributed by atoms with E-state index >= 15 is 0 Å². The predicted octanol–water partition coefficient (Wildman–Crippen LogP) is 2.64. The van der Waals surface area contributed by atoms with E-state index in [9.17, 15) is 4.39 Å². The van der Waals surface area contributed by atoms with Gasteiger partial charge >= 0.3 is 0 Å². The topological polar surface area (TPSA) is 26.7 Å². The molecule has 0 amide bonds. The zero-order valence-electron chi connectivity index (χ0n) is 11.9. The summed E-state index contributed by atoms with van der Waals surface area (Å²) in [5.74, 6) is -0.154. The van der Waals surface area contributed by atoms with Gasteiger partial charge in [0.25, 0.3) is 0 Å². The molecule has 0 aliphatic carbocycles. The van der Waals surface area contributed by atoms with Gasteiger partial charge in [-0.25, -0.2) is 4.39 Å². The molecule has 1 heterocycles. The van der Waals surface area contributed by atoms with E-state index in [2.05, 4.69) is 9.80 Å². The van der Waals surface area contributed by atoms with Gasteiger partial charge in [-0.1, -0.05) is 24.3 Å². The second-order valence-corrected chi connectivity index (χ2v) is 5.25. The Morgan fingerprint density at radius 3 is 2.10 bits per heavy atom. The Morgan fingerprint density at radius 1 is 0.857 bits per heavy atom. The smallest absolute Gasteiger partial charge is 0.146 e. The summed E-state index contributed by atoms with van der Waals surface area (Å²) in [5, 5.41) is 9.07. The van der Waals surface area contributed by atoms with Gasteiger partial charge in [-0.3, -0.25) is 0 Å². The Balaban J connectivity index is 1.66. The largest absolute Gasteiger partial charge is 0.392 e. The van der Waals surface area contributed by atoms with Crippen molar-refractivity contribution in [2.45, 2.75) is 6.61 Å². The van der Waals surface area contributed by atoms with Crippen molar-refractivity contribution in [3.8, 4) is 0 Å². The number of halogens is 1. The quantitative estimate of drug-likeness (QED) is 0.939. The summed E-state index contributed by atoms with van der Waals surface area (Å²) in [6.45, 7) is 3.42. The lowest BCUT2D eigenvalue weighted by Gasteiger charge is -2.37. The molecular formula is C17H19FN2O. The first-order valence-electron chi connectivity index (χ1n) is 7.22. The van der Waals surface area contributed by atoms with E-state index in [0.29, 0.717) is 5.69 Å². The SMILES string of the molecule is OCc1ccc(N2CCN(c3ccccc3F)CC2)cc1. The van der Waals surface area contributed by atoms with Crippen molar-refractivity contribution < 1.29 is 9.50 Å². The first-order chi connectivity index (χ1) is 10.3. The van der Waals surface area contributed by atoms with Crippen LogP contribution in [0.1, 0.15) is 5.56 Å². The Hall–Kier alpha value is -2.07. The maximum Gasteiger partial charge on any atom is 0.146 e. The first-order valence-corrected chi connectivity index (χ1v) is 7.22. The lowest BCUT2D eigenvalue weighted by Crippen LogP contribution is -2.46. The highest BCUT2D eigenvalue weighted by atomic mass is 19.1. The normalized spacial score (nSPS) is 15.3. The minimum atomic E-state index is -0.154. The maximum absolute atomic E-state index is 13.8. The summed E-state index contributed by atoms with van der Waals surface area (Å²) in [6, 6.07) is 14.9. The third-order valence-corrected chi connectivity index (χ3v) is 3.96. The third kappa shape index (κ3) is 3.00. The Morgan fingerprint density at radius 2 is 1.48 bits per heavy atom. The number of anilines is 2. The molecule has 0 spiro atoms. The number of nitrogens with zero attached hydrogens (tertiary/aromatic N) is 2. The molecule has 3 nitrogen and oxygen atoms in total. The average molecular weight is 286 g/mol. The summed E-state index contributed by atoms with van der Waals surface area (Å²) in [6.07, 6.45) is 0. The van der Waals surface area contributed by atoms with Crippen LogP contribution in [0.2, 0.25) is 0 Å². The van der Waals surface area contributed by atoms with Crippen LogP contribution in [0, 0.1) is 5.82 Å². The lowest BCUT2D eigenvalue weighted by atomic mass is 10.2. The molecule has 1 saturated heterocycles. The second kappa shape index (κ2) is 6.14. The molecule has 0 unspecified atom stereocenters. The van der Waals surface area contributed by atoms with Crippen LogP contribution in [0.15, 0.2) is 48.5 Å². The molecule has 0 bridgehead atoms. The summed E-state index contributed by atoms with van der Waals surface area (Å²) in [4.78, 5) is 4.38. The van der Waals surface area contributed by atoms with E-state index in [1.54, 1.807) is 6.07 Å². The van der Waals surface area contributed by atoms with E-state index in [0.717, 1.165) is 37.4 Å². The third-order valence-electron chi connectivity index (χ3n) is 3.96. The summed E-state index contributed by atoms with van der Waals surface area (Å²) in [7, 11) is 0. The zero-order chi connectivity index (χ0) is 14.7. The highest BCUT2D eigenvalue weighted by Crippen LogP contribution is 2.23. The van der Waals surface area contributed by atoms with Crippen molar-refractivity contribution in [2.24, 2.45) is 0 Å². The van der Waals surface area contributed by atoms with E-state index in [4.69, 9.17) is 5.11 Å². The van der Waals surface area contributed by atoms with Crippen LogP contribution in [-0.2, 0) is 6.61 Å². The molecule has 0 atom stereocenters. The van der Waals surface area contributed by atoms with Crippen molar-refractivity contribution in [2.75, 3.05) is 36.0 Å². The van der Waals surface area contributed by atoms with E-state index < -0.39 is 0 Å². The fourth-order valence-corrected chi connectivity index (χ4v) is 2.73. The van der Waals surface area contributed by atoms with Gasteiger partial charge in [0.2, 0.25) is 0 Å². The van der Waals surface area contributed by atoms with Crippen molar-refractivity contribution in [3.05, 3.63) is 59.9 Å². The van der Waals surface area contributed by atoms with Gasteiger partial charge in [-0.05, 0) is 29.8 Å². The Bertz CT molecular complexity index is 592. The van der Waals surface area contributed by atoms with E-state index in [-0.39, 0.29) is 12.4 Å². The Kier molecular flexibility index (Phi) is 4.06. The highest BCUT2D eigenvalue weighted by molar-refractivity contribution is 5.52. The molecule has 110 valence electrons. The van der Waals surface area contributed by atoms with Gasteiger partial charge in [0.1, 0.15) is 5.82 Å². The highest BCUT2D eigenvalue weighted by Gasteiger charge is 2.19. The lowest BCUT2D eigenvalue weighted by molar-refractivity contribution is 0.282. The summed E-state index contributed by atoms with van der Waals surface area (Å²) < 4.78 is 13.8. The molecule has 2 aromatic rings. The minimum absolute atomic E-state index is 0.0708. The standard InChI is InChI=1S/C17H19FN2O/c18-16-3-1-2-4-17(16)20-11-9-19(10-12-20)15-7-5-14(13-21)6-8-15/h1-8,21H,9-13H2. The number of piperazine rings is 1. The molecule has 2 aromatic carbocycles. The molecule has 1 aliphatic rings. The van der Waals surface area contributed by atoms with Crippen LogP contribution in [-0.4, -0.2) is 31.3 Å². The molecule has 0 saturated carbocycles. The number of hydrogen-bond acceptors (Lipinski definition) is 3. The molecule has 21 heavy (non-hydrogen) atoms. The Labute approximate surface area is 124 Å². The van der Waals surface area contributed by atoms with Crippen LogP contribution >= 0.6 is 0 Å². The first kappa shape index (κ1) is 13.9. The summed E-state index contributed by atoms with van der Waals surface area (Å²) >= 11 is 0. The molecule has 0 aromatic heterocycles. The van der Waals surface area contributed by atoms with Crippen molar-refractivity contribution in [1.29, 1.82) is 0 Å². The number of rotatable bonds is 3. The van der Waals surface area contributed by atoms with Crippen molar-refractivity contribution >= 4 is 11.4 Å².